The largest absolute Gasteiger partial charge is 0.453 e. The molecule has 24 heavy (non-hydrogen) atoms. The summed E-state index contributed by atoms with van der Waals surface area (Å²) in [5.41, 5.74) is 1.03. The molecule has 124 valence electrons. The number of benzene rings is 1. The summed E-state index contributed by atoms with van der Waals surface area (Å²) < 4.78 is 35.3. The van der Waals surface area contributed by atoms with E-state index in [1.165, 1.54) is 24.3 Å². The maximum atomic E-state index is 12.1. The van der Waals surface area contributed by atoms with E-state index in [0.29, 0.717) is 11.3 Å². The summed E-state index contributed by atoms with van der Waals surface area (Å²) in [6.45, 7) is -3.16. The molecule has 2 heterocycles. The standard InChI is InChI=1S/C15H12F2N4O3/c16-14(17)24-11-6-4-10(5-7-11)18-13(22)9-23-15-20-19-12-3-1-2-8-21(12)15/h1-8,14H,9H2,(H,18,22). The minimum absolute atomic E-state index is 0.00850. The van der Waals surface area contributed by atoms with Gasteiger partial charge in [-0.15, -0.1) is 5.10 Å². The number of fused-ring (bicyclic) bond motifs is 1. The van der Waals surface area contributed by atoms with Crippen molar-refractivity contribution in [3.8, 4) is 11.8 Å². The molecule has 0 spiro atoms. The van der Waals surface area contributed by atoms with Crippen LogP contribution >= 0.6 is 0 Å². The summed E-state index contributed by atoms with van der Waals surface area (Å²) in [4.78, 5) is 11.9. The molecule has 0 unspecified atom stereocenters. The third-order valence-electron chi connectivity index (χ3n) is 2.98. The molecule has 0 atom stereocenters. The van der Waals surface area contributed by atoms with E-state index in [2.05, 4.69) is 20.3 Å². The Labute approximate surface area is 134 Å². The number of rotatable bonds is 6. The van der Waals surface area contributed by atoms with Gasteiger partial charge in [0.1, 0.15) is 5.75 Å². The number of alkyl halides is 2. The van der Waals surface area contributed by atoms with Crippen LogP contribution in [0.1, 0.15) is 0 Å². The summed E-state index contributed by atoms with van der Waals surface area (Å²) in [6, 6.07) is 11.1. The normalized spacial score (nSPS) is 10.8. The lowest BCUT2D eigenvalue weighted by Gasteiger charge is -2.08. The molecule has 0 aliphatic heterocycles. The van der Waals surface area contributed by atoms with Crippen molar-refractivity contribution in [2.24, 2.45) is 0 Å². The van der Waals surface area contributed by atoms with E-state index in [9.17, 15) is 13.6 Å². The molecular formula is C15H12F2N4O3. The van der Waals surface area contributed by atoms with Gasteiger partial charge in [0, 0.05) is 11.9 Å². The lowest BCUT2D eigenvalue weighted by molar-refractivity contribution is -0.118. The zero-order valence-electron chi connectivity index (χ0n) is 12.2. The zero-order valence-corrected chi connectivity index (χ0v) is 12.2. The van der Waals surface area contributed by atoms with Crippen LogP contribution in [0, 0.1) is 0 Å². The number of anilines is 1. The molecule has 0 saturated heterocycles. The SMILES string of the molecule is O=C(COc1nnc2ccccn12)Nc1ccc(OC(F)F)cc1. The van der Waals surface area contributed by atoms with Crippen molar-refractivity contribution in [3.05, 3.63) is 48.7 Å². The van der Waals surface area contributed by atoms with Crippen LogP contribution in [-0.2, 0) is 4.79 Å². The molecule has 0 aliphatic rings. The number of carbonyl (C=O) groups is 1. The minimum atomic E-state index is -2.89. The van der Waals surface area contributed by atoms with Gasteiger partial charge in [0.25, 0.3) is 5.91 Å². The van der Waals surface area contributed by atoms with Crippen LogP contribution in [0.2, 0.25) is 0 Å². The number of nitrogens with zero attached hydrogens (tertiary/aromatic N) is 3. The van der Waals surface area contributed by atoms with Crippen LogP contribution in [0.3, 0.4) is 0 Å². The Kier molecular flexibility index (Phi) is 4.50. The van der Waals surface area contributed by atoms with Gasteiger partial charge >= 0.3 is 12.6 Å². The molecule has 1 amide bonds. The van der Waals surface area contributed by atoms with Crippen molar-refractivity contribution in [2.75, 3.05) is 11.9 Å². The van der Waals surface area contributed by atoms with E-state index in [1.54, 1.807) is 22.7 Å². The van der Waals surface area contributed by atoms with E-state index >= 15 is 0 Å². The Balaban J connectivity index is 1.56. The van der Waals surface area contributed by atoms with Crippen LogP contribution in [0.25, 0.3) is 5.65 Å². The molecule has 0 saturated carbocycles. The van der Waals surface area contributed by atoms with Crippen molar-refractivity contribution < 1.29 is 23.0 Å². The molecule has 1 N–H and O–H groups in total. The van der Waals surface area contributed by atoms with E-state index in [-0.39, 0.29) is 18.4 Å². The van der Waals surface area contributed by atoms with Crippen molar-refractivity contribution in [1.82, 2.24) is 14.6 Å². The van der Waals surface area contributed by atoms with E-state index < -0.39 is 12.5 Å². The quantitative estimate of drug-likeness (QED) is 0.749. The minimum Gasteiger partial charge on any atom is -0.453 e. The van der Waals surface area contributed by atoms with Crippen LogP contribution in [0.5, 0.6) is 11.8 Å². The van der Waals surface area contributed by atoms with Crippen molar-refractivity contribution in [3.63, 3.8) is 0 Å². The topological polar surface area (TPSA) is 77.8 Å². The Morgan fingerprint density at radius 3 is 2.71 bits per heavy atom. The predicted molar refractivity (Wildman–Crippen MR) is 80.2 cm³/mol. The van der Waals surface area contributed by atoms with E-state index in [4.69, 9.17) is 4.74 Å². The average Bonchev–Trinajstić information content (AvgIpc) is 2.98. The molecule has 0 aliphatic carbocycles. The van der Waals surface area contributed by atoms with Gasteiger partial charge in [0.05, 0.1) is 0 Å². The van der Waals surface area contributed by atoms with Crippen molar-refractivity contribution in [2.45, 2.75) is 6.61 Å². The average molecular weight is 334 g/mol. The van der Waals surface area contributed by atoms with Crippen LogP contribution in [0.15, 0.2) is 48.7 Å². The fourth-order valence-corrected chi connectivity index (χ4v) is 1.96. The Morgan fingerprint density at radius 1 is 1.17 bits per heavy atom. The van der Waals surface area contributed by atoms with Gasteiger partial charge in [-0.2, -0.15) is 8.78 Å². The lowest BCUT2D eigenvalue weighted by atomic mass is 10.3. The number of ether oxygens (including phenoxy) is 2. The highest BCUT2D eigenvalue weighted by atomic mass is 19.3. The number of halogens is 2. The summed E-state index contributed by atoms with van der Waals surface area (Å²) in [5.74, 6) is -0.417. The second-order valence-corrected chi connectivity index (χ2v) is 4.65. The zero-order chi connectivity index (χ0) is 16.9. The number of nitrogens with one attached hydrogen (secondary N) is 1. The van der Waals surface area contributed by atoms with Crippen LogP contribution in [0.4, 0.5) is 14.5 Å². The number of carbonyl (C=O) groups excluding carboxylic acids is 1. The van der Waals surface area contributed by atoms with Gasteiger partial charge in [-0.1, -0.05) is 11.2 Å². The fraction of sp³-hybridized carbons (Fsp3) is 0.133. The van der Waals surface area contributed by atoms with Crippen LogP contribution in [-0.4, -0.2) is 33.7 Å². The summed E-state index contributed by atoms with van der Waals surface area (Å²) in [5, 5.41) is 10.3. The Hall–Kier alpha value is -3.23. The monoisotopic (exact) mass is 334 g/mol. The molecule has 2 aromatic heterocycles. The molecule has 9 heteroatoms. The summed E-state index contributed by atoms with van der Waals surface area (Å²) in [7, 11) is 0. The molecular weight excluding hydrogens is 322 g/mol. The first-order valence-corrected chi connectivity index (χ1v) is 6.89. The summed E-state index contributed by atoms with van der Waals surface area (Å²) >= 11 is 0. The number of hydrogen-bond donors (Lipinski definition) is 1. The first-order chi connectivity index (χ1) is 11.6. The second kappa shape index (κ2) is 6.90. The molecule has 1 aromatic carbocycles. The smallest absolute Gasteiger partial charge is 0.387 e. The van der Waals surface area contributed by atoms with Gasteiger partial charge in [-0.3, -0.25) is 9.20 Å². The molecule has 3 aromatic rings. The van der Waals surface area contributed by atoms with Gasteiger partial charge < -0.3 is 14.8 Å². The number of hydrogen-bond acceptors (Lipinski definition) is 5. The highest BCUT2D eigenvalue weighted by Gasteiger charge is 2.09. The van der Waals surface area contributed by atoms with Gasteiger partial charge in [-0.05, 0) is 36.4 Å². The third kappa shape index (κ3) is 3.75. The molecule has 0 radical (unpaired) electrons. The van der Waals surface area contributed by atoms with Gasteiger partial charge in [0.2, 0.25) is 0 Å². The Morgan fingerprint density at radius 2 is 1.96 bits per heavy atom. The van der Waals surface area contributed by atoms with Crippen LogP contribution < -0.4 is 14.8 Å². The van der Waals surface area contributed by atoms with Gasteiger partial charge in [-0.25, -0.2) is 0 Å². The lowest BCUT2D eigenvalue weighted by Crippen LogP contribution is -2.20. The summed E-state index contributed by atoms with van der Waals surface area (Å²) in [6.07, 6.45) is 1.71. The van der Waals surface area contributed by atoms with Gasteiger partial charge in [0.15, 0.2) is 12.3 Å². The molecule has 0 bridgehead atoms. The first kappa shape index (κ1) is 15.7. The van der Waals surface area contributed by atoms with Crippen molar-refractivity contribution in [1.29, 1.82) is 0 Å². The molecule has 0 fully saturated rings. The number of aromatic nitrogens is 3. The fourth-order valence-electron chi connectivity index (χ4n) is 1.96. The number of pyridine rings is 1. The highest BCUT2D eigenvalue weighted by molar-refractivity contribution is 5.91. The number of amides is 1. The maximum absolute atomic E-state index is 12.1. The second-order valence-electron chi connectivity index (χ2n) is 4.65. The third-order valence-corrected chi connectivity index (χ3v) is 2.98. The van der Waals surface area contributed by atoms with Crippen molar-refractivity contribution >= 4 is 17.2 Å². The molecule has 7 nitrogen and oxygen atoms in total. The first-order valence-electron chi connectivity index (χ1n) is 6.89. The highest BCUT2D eigenvalue weighted by Crippen LogP contribution is 2.17. The Bertz CT molecular complexity index is 836. The maximum Gasteiger partial charge on any atom is 0.387 e. The predicted octanol–water partition coefficient (Wildman–Crippen LogP) is 2.35. The molecule has 3 rings (SSSR count). The van der Waals surface area contributed by atoms with E-state index in [0.717, 1.165) is 0 Å². The van der Waals surface area contributed by atoms with E-state index in [1.807, 2.05) is 6.07 Å².